The fourth-order valence-electron chi connectivity index (χ4n) is 4.89. The van der Waals surface area contributed by atoms with Gasteiger partial charge in [0.25, 0.3) is 0 Å². The summed E-state index contributed by atoms with van der Waals surface area (Å²) in [6.45, 7) is 10.7. The Morgan fingerprint density at radius 3 is 2.19 bits per heavy atom. The molecule has 5 nitrogen and oxygen atoms in total. The number of halogens is 3. The van der Waals surface area contributed by atoms with E-state index in [0.717, 1.165) is 69.8 Å². The lowest BCUT2D eigenvalue weighted by molar-refractivity contribution is 0.00697. The maximum atomic E-state index is 12.6. The van der Waals surface area contributed by atoms with E-state index < -0.39 is 5.60 Å². The number of esters is 1. The third-order valence-electron chi connectivity index (χ3n) is 6.79. The van der Waals surface area contributed by atoms with Gasteiger partial charge < -0.3 is 19.3 Å². The van der Waals surface area contributed by atoms with E-state index in [1.807, 2.05) is 39.0 Å². The Hall–Kier alpha value is -1.66. The molecule has 2 aliphatic heterocycles. The fourth-order valence-corrected chi connectivity index (χ4v) is 5.37. The molecule has 0 unspecified atom stereocenters. The number of nitrogens with zero attached hydrogens (tertiary/aromatic N) is 2. The first-order valence-electron chi connectivity index (χ1n) is 12.7. The van der Waals surface area contributed by atoms with Gasteiger partial charge in [-0.1, -0.05) is 34.8 Å². The van der Waals surface area contributed by atoms with Crippen molar-refractivity contribution in [2.24, 2.45) is 5.92 Å². The van der Waals surface area contributed by atoms with E-state index in [9.17, 15) is 4.79 Å². The summed E-state index contributed by atoms with van der Waals surface area (Å²) in [7, 11) is 0. The van der Waals surface area contributed by atoms with Crippen LogP contribution in [0.5, 0.6) is 5.75 Å². The summed E-state index contributed by atoms with van der Waals surface area (Å²) in [4.78, 5) is 17.5. The van der Waals surface area contributed by atoms with E-state index in [1.165, 1.54) is 0 Å². The van der Waals surface area contributed by atoms with Crippen LogP contribution < -0.4 is 9.64 Å². The molecule has 4 rings (SSSR count). The summed E-state index contributed by atoms with van der Waals surface area (Å²) in [5, 5.41) is 1.50. The Balaban J connectivity index is 1.23. The molecule has 0 aliphatic carbocycles. The average Bonchev–Trinajstić information content (AvgIpc) is 2.82. The Bertz CT molecular complexity index is 1060. The normalized spacial score (nSPS) is 18.3. The van der Waals surface area contributed by atoms with Crippen molar-refractivity contribution in [3.05, 3.63) is 57.0 Å². The second-order valence-electron chi connectivity index (χ2n) is 10.8. The molecule has 196 valence electrons. The molecule has 0 radical (unpaired) electrons. The van der Waals surface area contributed by atoms with Gasteiger partial charge in [0, 0.05) is 44.5 Å². The highest BCUT2D eigenvalue weighted by Crippen LogP contribution is 2.31. The number of piperidine rings is 2. The standard InChI is InChI=1S/C28H35Cl3N2O3/c1-28(2,3)36-27(34)23-16-20(4-6-24(23)29)33-14-8-19(9-15-33)18-32-12-10-21(11-13-32)35-22-5-7-25(30)26(31)17-22/h4-7,16-17,19,21H,8-15,18H2,1-3H3. The number of hydrogen-bond donors (Lipinski definition) is 0. The summed E-state index contributed by atoms with van der Waals surface area (Å²) >= 11 is 18.4. The Kier molecular flexibility index (Phi) is 8.98. The maximum Gasteiger partial charge on any atom is 0.340 e. The van der Waals surface area contributed by atoms with Crippen molar-refractivity contribution in [3.63, 3.8) is 0 Å². The first-order valence-corrected chi connectivity index (χ1v) is 13.8. The van der Waals surface area contributed by atoms with Crippen LogP contribution in [0.3, 0.4) is 0 Å². The number of hydrogen-bond acceptors (Lipinski definition) is 5. The molecular weight excluding hydrogens is 519 g/mol. The Morgan fingerprint density at radius 2 is 1.56 bits per heavy atom. The van der Waals surface area contributed by atoms with Gasteiger partial charge in [-0.3, -0.25) is 0 Å². The molecule has 2 fully saturated rings. The highest BCUT2D eigenvalue weighted by molar-refractivity contribution is 6.42. The highest BCUT2D eigenvalue weighted by atomic mass is 35.5. The van der Waals surface area contributed by atoms with E-state index in [4.69, 9.17) is 44.3 Å². The molecule has 0 spiro atoms. The molecule has 2 aromatic rings. The molecule has 0 aromatic heterocycles. The van der Waals surface area contributed by atoms with Gasteiger partial charge in [-0.2, -0.15) is 0 Å². The molecule has 2 heterocycles. The first kappa shape index (κ1) is 27.4. The zero-order valence-corrected chi connectivity index (χ0v) is 23.5. The van der Waals surface area contributed by atoms with E-state index >= 15 is 0 Å². The van der Waals surface area contributed by atoms with Crippen molar-refractivity contribution in [2.45, 2.75) is 58.2 Å². The smallest absolute Gasteiger partial charge is 0.340 e. The third-order valence-corrected chi connectivity index (χ3v) is 7.86. The predicted molar refractivity (Wildman–Crippen MR) is 148 cm³/mol. The van der Waals surface area contributed by atoms with E-state index in [-0.39, 0.29) is 12.1 Å². The van der Waals surface area contributed by atoms with Gasteiger partial charge in [0.1, 0.15) is 17.5 Å². The van der Waals surface area contributed by atoms with E-state index in [2.05, 4.69) is 9.80 Å². The molecule has 2 aliphatic rings. The summed E-state index contributed by atoms with van der Waals surface area (Å²) in [5.41, 5.74) is 0.898. The molecule has 0 amide bonds. The first-order chi connectivity index (χ1) is 17.1. The largest absolute Gasteiger partial charge is 0.490 e. The highest BCUT2D eigenvalue weighted by Gasteiger charge is 2.27. The van der Waals surface area contributed by atoms with Crippen molar-refractivity contribution < 1.29 is 14.3 Å². The summed E-state index contributed by atoms with van der Waals surface area (Å²) < 4.78 is 11.7. The minimum absolute atomic E-state index is 0.212. The van der Waals surface area contributed by atoms with Gasteiger partial charge in [-0.25, -0.2) is 4.79 Å². The molecule has 0 N–H and O–H groups in total. The lowest BCUT2D eigenvalue weighted by atomic mass is 9.94. The topological polar surface area (TPSA) is 42.0 Å². The van der Waals surface area contributed by atoms with Gasteiger partial charge in [0.2, 0.25) is 0 Å². The summed E-state index contributed by atoms with van der Waals surface area (Å²) in [5.74, 6) is 1.08. The number of anilines is 1. The third kappa shape index (κ3) is 7.44. The number of benzene rings is 2. The zero-order valence-electron chi connectivity index (χ0n) is 21.2. The summed E-state index contributed by atoms with van der Waals surface area (Å²) in [6, 6.07) is 11.1. The van der Waals surface area contributed by atoms with Crippen LogP contribution in [0.1, 0.15) is 56.8 Å². The molecule has 0 bridgehead atoms. The van der Waals surface area contributed by atoms with Gasteiger partial charge in [-0.15, -0.1) is 0 Å². The lowest BCUT2D eigenvalue weighted by Crippen LogP contribution is -2.43. The van der Waals surface area contributed by atoms with Crippen molar-refractivity contribution in [2.75, 3.05) is 37.6 Å². The number of rotatable bonds is 6. The van der Waals surface area contributed by atoms with Crippen LogP contribution in [0.15, 0.2) is 36.4 Å². The zero-order chi connectivity index (χ0) is 25.9. The molecule has 0 saturated carbocycles. The lowest BCUT2D eigenvalue weighted by Gasteiger charge is -2.38. The van der Waals surface area contributed by atoms with Gasteiger partial charge in [0.05, 0.1) is 20.6 Å². The Labute approximate surface area is 229 Å². The van der Waals surface area contributed by atoms with Crippen LogP contribution in [-0.4, -0.2) is 55.3 Å². The molecule has 2 saturated heterocycles. The second kappa shape index (κ2) is 11.8. The number of carbonyl (C=O) groups excluding carboxylic acids is 1. The SMILES string of the molecule is CC(C)(C)OC(=O)c1cc(N2CCC(CN3CCC(Oc4ccc(Cl)c(Cl)c4)CC3)CC2)ccc1Cl. The van der Waals surface area contributed by atoms with Crippen molar-refractivity contribution in [1.29, 1.82) is 0 Å². The number of likely N-dealkylation sites (tertiary alicyclic amines) is 1. The van der Waals surface area contributed by atoms with Gasteiger partial charge >= 0.3 is 5.97 Å². The van der Waals surface area contributed by atoms with Crippen LogP contribution >= 0.6 is 34.8 Å². The number of ether oxygens (including phenoxy) is 2. The van der Waals surface area contributed by atoms with Crippen LogP contribution in [0, 0.1) is 5.92 Å². The average molecular weight is 554 g/mol. The van der Waals surface area contributed by atoms with Crippen LogP contribution in [0.2, 0.25) is 15.1 Å². The van der Waals surface area contributed by atoms with Crippen LogP contribution in [0.4, 0.5) is 5.69 Å². The second-order valence-corrected chi connectivity index (χ2v) is 12.0. The number of carbonyl (C=O) groups is 1. The predicted octanol–water partition coefficient (Wildman–Crippen LogP) is 7.36. The summed E-state index contributed by atoms with van der Waals surface area (Å²) in [6.07, 6.45) is 4.49. The van der Waals surface area contributed by atoms with E-state index in [0.29, 0.717) is 26.5 Å². The van der Waals surface area contributed by atoms with Crippen molar-refractivity contribution in [3.8, 4) is 5.75 Å². The molecule has 8 heteroatoms. The maximum absolute atomic E-state index is 12.6. The minimum atomic E-state index is -0.557. The van der Waals surface area contributed by atoms with Crippen molar-refractivity contribution >= 4 is 46.5 Å². The monoisotopic (exact) mass is 552 g/mol. The van der Waals surface area contributed by atoms with Crippen LogP contribution in [-0.2, 0) is 4.74 Å². The van der Waals surface area contributed by atoms with Gasteiger partial charge in [-0.05, 0) is 82.7 Å². The van der Waals surface area contributed by atoms with Crippen molar-refractivity contribution in [1.82, 2.24) is 4.90 Å². The van der Waals surface area contributed by atoms with Gasteiger partial charge in [0.15, 0.2) is 0 Å². The van der Waals surface area contributed by atoms with Crippen LogP contribution in [0.25, 0.3) is 0 Å². The van der Waals surface area contributed by atoms with E-state index in [1.54, 1.807) is 18.2 Å². The fraction of sp³-hybridized carbons (Fsp3) is 0.536. The molecule has 0 atom stereocenters. The molecular formula is C28H35Cl3N2O3. The molecule has 36 heavy (non-hydrogen) atoms. The molecule has 2 aromatic carbocycles. The minimum Gasteiger partial charge on any atom is -0.490 e. The quantitative estimate of drug-likeness (QED) is 0.350. The Morgan fingerprint density at radius 1 is 0.889 bits per heavy atom.